The van der Waals surface area contributed by atoms with Gasteiger partial charge in [0.25, 0.3) is 5.91 Å². The monoisotopic (exact) mass is 406 g/mol. The molecule has 1 aliphatic rings. The number of benzene rings is 2. The van der Waals surface area contributed by atoms with Crippen molar-refractivity contribution in [1.82, 2.24) is 4.31 Å². The molecule has 0 aliphatic carbocycles. The first-order valence-corrected chi connectivity index (χ1v) is 9.60. The van der Waals surface area contributed by atoms with Crippen molar-refractivity contribution in [2.24, 2.45) is 0 Å². The molecule has 9 nitrogen and oxygen atoms in total. The number of ether oxygens (including phenoxy) is 3. The molecule has 10 heteroatoms. The van der Waals surface area contributed by atoms with Gasteiger partial charge in [0.1, 0.15) is 0 Å². The van der Waals surface area contributed by atoms with Crippen molar-refractivity contribution in [3.63, 3.8) is 0 Å². The van der Waals surface area contributed by atoms with Crippen LogP contribution in [-0.4, -0.2) is 52.1 Å². The summed E-state index contributed by atoms with van der Waals surface area (Å²) in [5, 5.41) is 2.58. The van der Waals surface area contributed by atoms with Gasteiger partial charge in [-0.15, -0.1) is 0 Å². The van der Waals surface area contributed by atoms with Crippen LogP contribution in [0.5, 0.6) is 11.5 Å². The van der Waals surface area contributed by atoms with Gasteiger partial charge >= 0.3 is 5.97 Å². The number of nitrogens with one attached hydrogen (secondary N) is 1. The van der Waals surface area contributed by atoms with Gasteiger partial charge in [-0.05, 0) is 36.4 Å². The van der Waals surface area contributed by atoms with E-state index in [-0.39, 0.29) is 17.3 Å². The van der Waals surface area contributed by atoms with E-state index in [1.54, 1.807) is 18.2 Å². The van der Waals surface area contributed by atoms with Gasteiger partial charge in [0, 0.05) is 25.8 Å². The van der Waals surface area contributed by atoms with E-state index in [0.29, 0.717) is 17.2 Å². The van der Waals surface area contributed by atoms with Gasteiger partial charge in [-0.3, -0.25) is 4.79 Å². The first-order valence-electron chi connectivity index (χ1n) is 8.16. The highest BCUT2D eigenvalue weighted by Gasteiger charge is 2.18. The predicted octanol–water partition coefficient (Wildman–Crippen LogP) is 1.46. The minimum Gasteiger partial charge on any atom is -0.454 e. The van der Waals surface area contributed by atoms with Crippen molar-refractivity contribution in [3.8, 4) is 11.5 Å². The Hall–Kier alpha value is -3.11. The van der Waals surface area contributed by atoms with E-state index in [4.69, 9.17) is 14.2 Å². The van der Waals surface area contributed by atoms with Gasteiger partial charge in [0.15, 0.2) is 18.1 Å². The molecule has 3 rings (SSSR count). The molecule has 28 heavy (non-hydrogen) atoms. The van der Waals surface area contributed by atoms with Crippen molar-refractivity contribution in [2.45, 2.75) is 4.90 Å². The number of hydrogen-bond donors (Lipinski definition) is 1. The third-order valence-electron chi connectivity index (χ3n) is 3.86. The maximum absolute atomic E-state index is 12.1. The first-order chi connectivity index (χ1) is 13.3. The second-order valence-electron chi connectivity index (χ2n) is 6.00. The molecule has 0 fully saturated rings. The molecule has 1 heterocycles. The molecule has 1 amide bonds. The Morgan fingerprint density at radius 3 is 2.43 bits per heavy atom. The molecule has 2 aromatic carbocycles. The van der Waals surface area contributed by atoms with Crippen LogP contribution in [0.1, 0.15) is 10.4 Å². The lowest BCUT2D eigenvalue weighted by molar-refractivity contribution is -0.119. The van der Waals surface area contributed by atoms with Gasteiger partial charge < -0.3 is 19.5 Å². The highest BCUT2D eigenvalue weighted by molar-refractivity contribution is 7.89. The highest BCUT2D eigenvalue weighted by atomic mass is 32.2. The Bertz CT molecular complexity index is 1000. The second kappa shape index (κ2) is 7.87. The summed E-state index contributed by atoms with van der Waals surface area (Å²) in [6, 6.07) is 10.2. The third kappa shape index (κ3) is 4.24. The Morgan fingerprint density at radius 1 is 1.07 bits per heavy atom. The number of amides is 1. The normalized spacial score (nSPS) is 12.7. The number of esters is 1. The van der Waals surface area contributed by atoms with Crippen LogP contribution in [0.4, 0.5) is 5.69 Å². The topological polar surface area (TPSA) is 111 Å². The average Bonchev–Trinajstić information content (AvgIpc) is 3.14. The molecule has 0 aromatic heterocycles. The van der Waals surface area contributed by atoms with Gasteiger partial charge in [0.05, 0.1) is 10.5 Å². The van der Waals surface area contributed by atoms with E-state index >= 15 is 0 Å². The summed E-state index contributed by atoms with van der Waals surface area (Å²) in [5.41, 5.74) is 0.608. The van der Waals surface area contributed by atoms with Crippen LogP contribution in [0.3, 0.4) is 0 Å². The zero-order valence-corrected chi connectivity index (χ0v) is 16.0. The van der Waals surface area contributed by atoms with E-state index in [1.165, 1.54) is 38.4 Å². The lowest BCUT2D eigenvalue weighted by Gasteiger charge is -2.11. The second-order valence-corrected chi connectivity index (χ2v) is 8.16. The summed E-state index contributed by atoms with van der Waals surface area (Å²) in [4.78, 5) is 24.1. The SMILES string of the molecule is CN(C)S(=O)(=O)c1ccc(C(=O)OCC(=O)Nc2ccc3c(c2)OCO3)cc1. The lowest BCUT2D eigenvalue weighted by atomic mass is 10.2. The van der Waals surface area contributed by atoms with Crippen molar-refractivity contribution >= 4 is 27.6 Å². The Labute approximate surface area is 161 Å². The molecule has 0 saturated carbocycles. The van der Waals surface area contributed by atoms with Gasteiger partial charge in [0.2, 0.25) is 16.8 Å². The summed E-state index contributed by atoms with van der Waals surface area (Å²) in [6.07, 6.45) is 0. The van der Waals surface area contributed by atoms with Crippen molar-refractivity contribution in [3.05, 3.63) is 48.0 Å². The Kier molecular flexibility index (Phi) is 5.52. The average molecular weight is 406 g/mol. The van der Waals surface area contributed by atoms with E-state index in [2.05, 4.69) is 5.32 Å². The number of fused-ring (bicyclic) bond motifs is 1. The van der Waals surface area contributed by atoms with Crippen LogP contribution in [0, 0.1) is 0 Å². The molecule has 0 unspecified atom stereocenters. The summed E-state index contributed by atoms with van der Waals surface area (Å²) in [7, 11) is -0.760. The molecule has 1 aliphatic heterocycles. The number of nitrogens with zero attached hydrogens (tertiary/aromatic N) is 1. The summed E-state index contributed by atoms with van der Waals surface area (Å²) >= 11 is 0. The summed E-state index contributed by atoms with van der Waals surface area (Å²) in [6.45, 7) is -0.371. The largest absolute Gasteiger partial charge is 0.454 e. The van der Waals surface area contributed by atoms with Crippen LogP contribution in [-0.2, 0) is 19.6 Å². The molecule has 1 N–H and O–H groups in total. The standard InChI is InChI=1S/C18H18N2O7S/c1-20(2)28(23,24)14-6-3-12(4-7-14)18(22)25-10-17(21)19-13-5-8-15-16(9-13)27-11-26-15/h3-9H,10-11H2,1-2H3,(H,19,21). The number of sulfonamides is 1. The minimum absolute atomic E-state index is 0.0506. The fourth-order valence-corrected chi connectivity index (χ4v) is 3.26. The molecule has 0 saturated heterocycles. The Morgan fingerprint density at radius 2 is 1.75 bits per heavy atom. The smallest absolute Gasteiger partial charge is 0.338 e. The van der Waals surface area contributed by atoms with E-state index in [1.807, 2.05) is 0 Å². The fourth-order valence-electron chi connectivity index (χ4n) is 2.36. The van der Waals surface area contributed by atoms with Crippen LogP contribution >= 0.6 is 0 Å². The molecule has 2 aromatic rings. The molecule has 0 spiro atoms. The van der Waals surface area contributed by atoms with Crippen molar-refractivity contribution in [1.29, 1.82) is 0 Å². The maximum Gasteiger partial charge on any atom is 0.338 e. The molecular weight excluding hydrogens is 388 g/mol. The summed E-state index contributed by atoms with van der Waals surface area (Å²) < 4.78 is 40.5. The Balaban J connectivity index is 1.55. The number of carbonyl (C=O) groups excluding carboxylic acids is 2. The quantitative estimate of drug-likeness (QED) is 0.723. The van der Waals surface area contributed by atoms with Crippen LogP contribution < -0.4 is 14.8 Å². The molecule has 0 radical (unpaired) electrons. The van der Waals surface area contributed by atoms with Crippen LogP contribution in [0.15, 0.2) is 47.4 Å². The molecule has 0 atom stereocenters. The van der Waals surface area contributed by atoms with E-state index in [0.717, 1.165) is 4.31 Å². The zero-order valence-electron chi connectivity index (χ0n) is 15.2. The van der Waals surface area contributed by atoms with Crippen molar-refractivity contribution in [2.75, 3.05) is 32.8 Å². The van der Waals surface area contributed by atoms with Crippen molar-refractivity contribution < 1.29 is 32.2 Å². The van der Waals surface area contributed by atoms with E-state index in [9.17, 15) is 18.0 Å². The summed E-state index contributed by atoms with van der Waals surface area (Å²) in [5.74, 6) is -0.166. The maximum atomic E-state index is 12.1. The fraction of sp³-hybridized carbons (Fsp3) is 0.222. The number of hydrogen-bond acceptors (Lipinski definition) is 7. The molecule has 0 bridgehead atoms. The number of rotatable bonds is 6. The van der Waals surface area contributed by atoms with Crippen LogP contribution in [0.25, 0.3) is 0 Å². The van der Waals surface area contributed by atoms with Gasteiger partial charge in [-0.1, -0.05) is 0 Å². The predicted molar refractivity (Wildman–Crippen MR) is 98.8 cm³/mol. The number of carbonyl (C=O) groups is 2. The zero-order chi connectivity index (χ0) is 20.3. The molecular formula is C18H18N2O7S. The lowest BCUT2D eigenvalue weighted by Crippen LogP contribution is -2.22. The molecule has 148 valence electrons. The van der Waals surface area contributed by atoms with Gasteiger partial charge in [-0.25, -0.2) is 17.5 Å². The number of anilines is 1. The highest BCUT2D eigenvalue weighted by Crippen LogP contribution is 2.34. The van der Waals surface area contributed by atoms with Gasteiger partial charge in [-0.2, -0.15) is 0 Å². The first kappa shape index (κ1) is 19.6. The van der Waals surface area contributed by atoms with Crippen LogP contribution in [0.2, 0.25) is 0 Å². The third-order valence-corrected chi connectivity index (χ3v) is 5.69. The van der Waals surface area contributed by atoms with E-state index < -0.39 is 28.5 Å². The minimum atomic E-state index is -3.59.